The molecule has 2 heterocycles. The summed E-state index contributed by atoms with van der Waals surface area (Å²) >= 11 is 0. The highest BCUT2D eigenvalue weighted by atomic mass is 127. The third kappa shape index (κ3) is 7.33. The second kappa shape index (κ2) is 12.9. The Kier molecular flexibility index (Phi) is 10.5. The first-order valence-electron chi connectivity index (χ1n) is 10.3. The fourth-order valence-electron chi connectivity index (χ4n) is 3.58. The van der Waals surface area contributed by atoms with Gasteiger partial charge in [-0.15, -0.1) is 24.0 Å². The summed E-state index contributed by atoms with van der Waals surface area (Å²) in [7, 11) is 1.81. The van der Waals surface area contributed by atoms with Gasteiger partial charge in [0.1, 0.15) is 11.9 Å². The molecule has 0 aliphatic carbocycles. The number of nitrogens with one attached hydrogen (secondary N) is 1. The number of halogens is 1. The first-order valence-corrected chi connectivity index (χ1v) is 10.3. The molecule has 2 fully saturated rings. The summed E-state index contributed by atoms with van der Waals surface area (Å²) in [6, 6.07) is 9.90. The van der Waals surface area contributed by atoms with Crippen LogP contribution < -0.4 is 10.1 Å². The molecule has 1 aromatic rings. The number of rotatable bonds is 7. The van der Waals surface area contributed by atoms with E-state index in [9.17, 15) is 4.79 Å². The molecule has 29 heavy (non-hydrogen) atoms. The third-order valence-corrected chi connectivity index (χ3v) is 5.17. The lowest BCUT2D eigenvalue weighted by atomic mass is 10.2. The van der Waals surface area contributed by atoms with Gasteiger partial charge in [-0.05, 0) is 37.8 Å². The normalized spacial score (nSPS) is 19.6. The van der Waals surface area contributed by atoms with Gasteiger partial charge < -0.3 is 24.6 Å². The number of carbonyl (C=O) groups is 1. The van der Waals surface area contributed by atoms with Crippen LogP contribution in [0.2, 0.25) is 0 Å². The highest BCUT2D eigenvalue weighted by molar-refractivity contribution is 14.0. The summed E-state index contributed by atoms with van der Waals surface area (Å²) in [4.78, 5) is 21.0. The average molecular weight is 516 g/mol. The van der Waals surface area contributed by atoms with Crippen molar-refractivity contribution in [2.24, 2.45) is 4.99 Å². The Morgan fingerprint density at radius 2 is 1.90 bits per heavy atom. The molecule has 3 rings (SSSR count). The number of unbranched alkanes of at least 4 members (excludes halogenated alkanes) is 1. The molecule has 1 unspecified atom stereocenters. The Morgan fingerprint density at radius 1 is 1.17 bits per heavy atom. The number of hydrogen-bond donors (Lipinski definition) is 1. The van der Waals surface area contributed by atoms with Gasteiger partial charge in [0, 0.05) is 46.4 Å². The monoisotopic (exact) mass is 516 g/mol. The van der Waals surface area contributed by atoms with Crippen molar-refractivity contribution < 1.29 is 14.3 Å². The smallest absolute Gasteiger partial charge is 0.251 e. The maximum absolute atomic E-state index is 12.4. The number of ether oxygens (including phenoxy) is 2. The highest BCUT2D eigenvalue weighted by Crippen LogP contribution is 2.16. The number of nitrogens with zero attached hydrogens (tertiary/aromatic N) is 3. The SMILES string of the molecule is CN=C(NCCCCOc1ccccc1)N1CCN(C(=O)C2CCCO2)CC1.I. The lowest BCUT2D eigenvalue weighted by molar-refractivity contribution is -0.142. The summed E-state index contributed by atoms with van der Waals surface area (Å²) in [6.45, 7) is 5.34. The van der Waals surface area contributed by atoms with Crippen LogP contribution in [0.3, 0.4) is 0 Å². The topological polar surface area (TPSA) is 66.4 Å². The molecule has 2 aliphatic rings. The zero-order valence-corrected chi connectivity index (χ0v) is 19.5. The van der Waals surface area contributed by atoms with Gasteiger partial charge in [-0.1, -0.05) is 18.2 Å². The van der Waals surface area contributed by atoms with E-state index in [1.54, 1.807) is 0 Å². The summed E-state index contributed by atoms with van der Waals surface area (Å²) in [5.74, 6) is 1.98. The predicted octanol–water partition coefficient (Wildman–Crippen LogP) is 2.36. The number of piperazine rings is 1. The van der Waals surface area contributed by atoms with Gasteiger partial charge in [0.15, 0.2) is 5.96 Å². The Bertz CT molecular complexity index is 630. The Labute approximate surface area is 190 Å². The molecule has 2 aliphatic heterocycles. The second-order valence-electron chi connectivity index (χ2n) is 7.16. The van der Waals surface area contributed by atoms with Gasteiger partial charge in [-0.3, -0.25) is 9.79 Å². The molecule has 0 aromatic heterocycles. The Balaban J connectivity index is 0.00000300. The van der Waals surface area contributed by atoms with Crippen LogP contribution in [0, 0.1) is 0 Å². The predicted molar refractivity (Wildman–Crippen MR) is 125 cm³/mol. The van der Waals surface area contributed by atoms with Crippen LogP contribution in [0.1, 0.15) is 25.7 Å². The number of para-hydroxylation sites is 1. The zero-order valence-electron chi connectivity index (χ0n) is 17.2. The summed E-state index contributed by atoms with van der Waals surface area (Å²) in [5, 5.41) is 3.43. The molecular weight excluding hydrogens is 483 g/mol. The fourth-order valence-corrected chi connectivity index (χ4v) is 3.58. The van der Waals surface area contributed by atoms with E-state index in [-0.39, 0.29) is 36.0 Å². The van der Waals surface area contributed by atoms with Crippen LogP contribution in [-0.4, -0.2) is 80.8 Å². The molecule has 0 bridgehead atoms. The fraction of sp³-hybridized carbons (Fsp3) is 0.619. The molecule has 1 N–H and O–H groups in total. The Hall–Kier alpha value is -1.55. The number of aliphatic imine (C=N–C) groups is 1. The van der Waals surface area contributed by atoms with E-state index < -0.39 is 0 Å². The van der Waals surface area contributed by atoms with E-state index in [1.807, 2.05) is 42.3 Å². The Morgan fingerprint density at radius 3 is 2.55 bits per heavy atom. The van der Waals surface area contributed by atoms with Crippen molar-refractivity contribution in [3.63, 3.8) is 0 Å². The van der Waals surface area contributed by atoms with E-state index >= 15 is 0 Å². The van der Waals surface area contributed by atoms with E-state index in [0.717, 1.165) is 70.1 Å². The summed E-state index contributed by atoms with van der Waals surface area (Å²) in [6.07, 6.45) is 3.63. The lowest BCUT2D eigenvalue weighted by Gasteiger charge is -2.37. The molecule has 2 saturated heterocycles. The van der Waals surface area contributed by atoms with Gasteiger partial charge in [0.25, 0.3) is 5.91 Å². The quantitative estimate of drug-likeness (QED) is 0.261. The molecule has 0 spiro atoms. The number of hydrogen-bond acceptors (Lipinski definition) is 4. The first kappa shape index (κ1) is 23.7. The molecule has 8 heteroatoms. The summed E-state index contributed by atoms with van der Waals surface area (Å²) < 4.78 is 11.2. The molecular formula is C21H33IN4O3. The van der Waals surface area contributed by atoms with E-state index in [0.29, 0.717) is 13.2 Å². The molecule has 162 valence electrons. The number of guanidine groups is 1. The second-order valence-corrected chi connectivity index (χ2v) is 7.16. The highest BCUT2D eigenvalue weighted by Gasteiger charge is 2.30. The number of amides is 1. The molecule has 1 aromatic carbocycles. The molecule has 1 atom stereocenters. The van der Waals surface area contributed by atoms with E-state index in [4.69, 9.17) is 9.47 Å². The molecule has 1 amide bonds. The summed E-state index contributed by atoms with van der Waals surface area (Å²) in [5.41, 5.74) is 0. The molecule has 7 nitrogen and oxygen atoms in total. The van der Waals surface area contributed by atoms with Crippen molar-refractivity contribution >= 4 is 35.8 Å². The van der Waals surface area contributed by atoms with Crippen molar-refractivity contribution in [3.05, 3.63) is 30.3 Å². The van der Waals surface area contributed by atoms with Crippen LogP contribution >= 0.6 is 24.0 Å². The largest absolute Gasteiger partial charge is 0.494 e. The average Bonchev–Trinajstić information content (AvgIpc) is 3.29. The van der Waals surface area contributed by atoms with Gasteiger partial charge in [0.05, 0.1) is 6.61 Å². The van der Waals surface area contributed by atoms with Crippen LogP contribution in [0.5, 0.6) is 5.75 Å². The minimum atomic E-state index is -0.220. The third-order valence-electron chi connectivity index (χ3n) is 5.17. The lowest BCUT2D eigenvalue weighted by Crippen LogP contribution is -2.55. The van der Waals surface area contributed by atoms with Gasteiger partial charge in [-0.2, -0.15) is 0 Å². The van der Waals surface area contributed by atoms with Gasteiger partial charge in [0.2, 0.25) is 0 Å². The van der Waals surface area contributed by atoms with Gasteiger partial charge >= 0.3 is 0 Å². The molecule has 0 saturated carbocycles. The minimum Gasteiger partial charge on any atom is -0.494 e. The molecule has 0 radical (unpaired) electrons. The maximum atomic E-state index is 12.4. The van der Waals surface area contributed by atoms with Crippen molar-refractivity contribution in [1.82, 2.24) is 15.1 Å². The number of benzene rings is 1. The number of carbonyl (C=O) groups excluding carboxylic acids is 1. The van der Waals surface area contributed by atoms with Crippen LogP contribution in [0.25, 0.3) is 0 Å². The van der Waals surface area contributed by atoms with E-state index in [1.165, 1.54) is 0 Å². The van der Waals surface area contributed by atoms with E-state index in [2.05, 4.69) is 15.2 Å². The van der Waals surface area contributed by atoms with Crippen molar-refractivity contribution in [3.8, 4) is 5.75 Å². The zero-order chi connectivity index (χ0) is 19.6. The van der Waals surface area contributed by atoms with Crippen molar-refractivity contribution in [2.45, 2.75) is 31.8 Å². The van der Waals surface area contributed by atoms with Crippen molar-refractivity contribution in [2.75, 3.05) is 53.0 Å². The van der Waals surface area contributed by atoms with Crippen LogP contribution in [-0.2, 0) is 9.53 Å². The minimum absolute atomic E-state index is 0. The van der Waals surface area contributed by atoms with Gasteiger partial charge in [-0.25, -0.2) is 0 Å². The van der Waals surface area contributed by atoms with Crippen LogP contribution in [0.4, 0.5) is 0 Å². The van der Waals surface area contributed by atoms with Crippen molar-refractivity contribution in [1.29, 1.82) is 0 Å². The standard InChI is InChI=1S/C21H32N4O3.HI/c1-22-21(23-11-5-6-16-27-18-8-3-2-4-9-18)25-14-12-24(13-15-25)20(26)19-10-7-17-28-19;/h2-4,8-9,19H,5-7,10-17H2,1H3,(H,22,23);1H. The van der Waals surface area contributed by atoms with Crippen LogP contribution in [0.15, 0.2) is 35.3 Å². The first-order chi connectivity index (χ1) is 13.8. The maximum Gasteiger partial charge on any atom is 0.251 e.